The average Bonchev–Trinajstić information content (AvgIpc) is 3.09. The van der Waals surface area contributed by atoms with Crippen LogP contribution in [-0.2, 0) is 10.0 Å². The first-order valence-electron chi connectivity index (χ1n) is 8.38. The summed E-state index contributed by atoms with van der Waals surface area (Å²) < 4.78 is 27.2. The lowest BCUT2D eigenvalue weighted by molar-refractivity contribution is -0.385. The van der Waals surface area contributed by atoms with Crippen LogP contribution in [0.5, 0.6) is 0 Å². The molecule has 0 amide bonds. The van der Waals surface area contributed by atoms with Crippen LogP contribution in [-0.4, -0.2) is 43.3 Å². The molecule has 0 bridgehead atoms. The van der Waals surface area contributed by atoms with Gasteiger partial charge in [-0.15, -0.1) is 0 Å². The fraction of sp³-hybridized carbons (Fsp3) is 0.625. The number of sulfonamides is 1. The molecule has 2 heterocycles. The minimum Gasteiger partial charge on any atom is -0.314 e. The van der Waals surface area contributed by atoms with Crippen LogP contribution in [0.3, 0.4) is 0 Å². The normalized spacial score (nSPS) is 23.5. The second-order valence-electron chi connectivity index (χ2n) is 6.65. The van der Waals surface area contributed by atoms with Gasteiger partial charge in [-0.2, -0.15) is 4.31 Å². The van der Waals surface area contributed by atoms with Gasteiger partial charge in [0.25, 0.3) is 5.69 Å². The SMILES string of the molecule is Cc1cc([N+](=O)[O-])ccc1S(=O)(=O)N1CCC(C2CCCN2)CC1. The van der Waals surface area contributed by atoms with Gasteiger partial charge in [0.05, 0.1) is 9.82 Å². The second kappa shape index (κ2) is 6.78. The summed E-state index contributed by atoms with van der Waals surface area (Å²) in [6, 6.07) is 4.46. The predicted molar refractivity (Wildman–Crippen MR) is 90.3 cm³/mol. The smallest absolute Gasteiger partial charge is 0.269 e. The lowest BCUT2D eigenvalue weighted by Crippen LogP contribution is -2.43. The summed E-state index contributed by atoms with van der Waals surface area (Å²) in [6.07, 6.45) is 4.11. The summed E-state index contributed by atoms with van der Waals surface area (Å²) in [6.45, 7) is 3.70. The summed E-state index contributed by atoms with van der Waals surface area (Å²) in [7, 11) is -3.59. The molecule has 0 saturated carbocycles. The van der Waals surface area contributed by atoms with E-state index in [4.69, 9.17) is 0 Å². The van der Waals surface area contributed by atoms with E-state index in [1.54, 1.807) is 6.92 Å². The number of rotatable bonds is 4. The van der Waals surface area contributed by atoms with Gasteiger partial charge >= 0.3 is 0 Å². The van der Waals surface area contributed by atoms with Crippen molar-refractivity contribution >= 4 is 15.7 Å². The van der Waals surface area contributed by atoms with Crippen LogP contribution < -0.4 is 5.32 Å². The fourth-order valence-corrected chi connectivity index (χ4v) is 5.48. The Hall–Kier alpha value is -1.51. The zero-order valence-corrected chi connectivity index (χ0v) is 14.6. The molecule has 1 N–H and O–H groups in total. The topological polar surface area (TPSA) is 92.5 Å². The van der Waals surface area contributed by atoms with Gasteiger partial charge in [0.1, 0.15) is 0 Å². The summed E-state index contributed by atoms with van der Waals surface area (Å²) >= 11 is 0. The van der Waals surface area contributed by atoms with E-state index in [1.807, 2.05) is 0 Å². The van der Waals surface area contributed by atoms with Crippen LogP contribution in [0.1, 0.15) is 31.2 Å². The number of non-ortho nitro benzene ring substituents is 1. The van der Waals surface area contributed by atoms with Gasteiger partial charge < -0.3 is 5.32 Å². The molecule has 0 radical (unpaired) electrons. The van der Waals surface area contributed by atoms with Gasteiger partial charge in [0.15, 0.2) is 0 Å². The van der Waals surface area contributed by atoms with Crippen molar-refractivity contribution in [3.63, 3.8) is 0 Å². The maximum absolute atomic E-state index is 12.9. The molecule has 1 aromatic carbocycles. The van der Waals surface area contributed by atoms with Crippen LogP contribution in [0.2, 0.25) is 0 Å². The fourth-order valence-electron chi connectivity index (χ4n) is 3.81. The minimum absolute atomic E-state index is 0.0857. The Labute approximate surface area is 142 Å². The van der Waals surface area contributed by atoms with Crippen molar-refractivity contribution in [2.75, 3.05) is 19.6 Å². The standard InChI is InChI=1S/C16H23N3O4S/c1-12-11-14(19(20)21)4-5-16(12)24(22,23)18-9-6-13(7-10-18)15-3-2-8-17-15/h4-5,11,13,15,17H,2-3,6-10H2,1H3. The van der Waals surface area contributed by atoms with Crippen LogP contribution in [0.25, 0.3) is 0 Å². The van der Waals surface area contributed by atoms with E-state index in [0.29, 0.717) is 30.6 Å². The molecule has 132 valence electrons. The molecule has 0 aromatic heterocycles. The monoisotopic (exact) mass is 353 g/mol. The van der Waals surface area contributed by atoms with E-state index >= 15 is 0 Å². The minimum atomic E-state index is -3.59. The van der Waals surface area contributed by atoms with Gasteiger partial charge in [-0.1, -0.05) is 0 Å². The number of nitro benzene ring substituents is 1. The number of hydrogen-bond donors (Lipinski definition) is 1. The Morgan fingerprint density at radius 1 is 1.25 bits per heavy atom. The molecule has 1 aromatic rings. The third-order valence-corrected chi connectivity index (χ3v) is 7.21. The lowest BCUT2D eigenvalue weighted by Gasteiger charge is -2.34. The highest BCUT2D eigenvalue weighted by molar-refractivity contribution is 7.89. The summed E-state index contributed by atoms with van der Waals surface area (Å²) in [5.74, 6) is 0.539. The third kappa shape index (κ3) is 3.31. The number of aryl methyl sites for hydroxylation is 1. The zero-order chi connectivity index (χ0) is 17.3. The van der Waals surface area contributed by atoms with Gasteiger partial charge in [-0.25, -0.2) is 8.42 Å². The number of nitrogens with zero attached hydrogens (tertiary/aromatic N) is 2. The molecular formula is C16H23N3O4S. The van der Waals surface area contributed by atoms with Crippen molar-refractivity contribution in [3.8, 4) is 0 Å². The first-order valence-corrected chi connectivity index (χ1v) is 9.82. The largest absolute Gasteiger partial charge is 0.314 e. The van der Waals surface area contributed by atoms with Crippen LogP contribution in [0, 0.1) is 23.0 Å². The van der Waals surface area contributed by atoms with Crippen LogP contribution in [0.4, 0.5) is 5.69 Å². The number of nitro groups is 1. The molecule has 2 aliphatic rings. The molecule has 3 rings (SSSR count). The van der Waals surface area contributed by atoms with E-state index in [2.05, 4.69) is 5.32 Å². The number of benzene rings is 1. The molecule has 2 saturated heterocycles. The van der Waals surface area contributed by atoms with Crippen molar-refractivity contribution in [3.05, 3.63) is 33.9 Å². The molecule has 0 spiro atoms. The Morgan fingerprint density at radius 2 is 1.96 bits per heavy atom. The highest BCUT2D eigenvalue weighted by Gasteiger charge is 2.34. The molecule has 8 heteroatoms. The highest BCUT2D eigenvalue weighted by Crippen LogP contribution is 2.30. The molecule has 1 atom stereocenters. The van der Waals surface area contributed by atoms with Crippen molar-refractivity contribution in [2.24, 2.45) is 5.92 Å². The Balaban J connectivity index is 1.73. The van der Waals surface area contributed by atoms with E-state index < -0.39 is 14.9 Å². The van der Waals surface area contributed by atoms with Crippen LogP contribution in [0.15, 0.2) is 23.1 Å². The van der Waals surface area contributed by atoms with Crippen molar-refractivity contribution in [2.45, 2.75) is 43.5 Å². The van der Waals surface area contributed by atoms with Gasteiger partial charge in [-0.05, 0) is 56.7 Å². The molecular weight excluding hydrogens is 330 g/mol. The number of hydrogen-bond acceptors (Lipinski definition) is 5. The van der Waals surface area contributed by atoms with E-state index in [1.165, 1.54) is 35.3 Å². The highest BCUT2D eigenvalue weighted by atomic mass is 32.2. The summed E-state index contributed by atoms with van der Waals surface area (Å²) in [4.78, 5) is 10.5. The molecule has 0 aliphatic carbocycles. The number of piperidine rings is 1. The number of nitrogens with one attached hydrogen (secondary N) is 1. The zero-order valence-electron chi connectivity index (χ0n) is 13.8. The van der Waals surface area contributed by atoms with E-state index in [-0.39, 0.29) is 10.6 Å². The Morgan fingerprint density at radius 3 is 2.50 bits per heavy atom. The first-order chi connectivity index (χ1) is 11.4. The predicted octanol–water partition coefficient (Wildman–Crippen LogP) is 2.06. The average molecular weight is 353 g/mol. The molecule has 24 heavy (non-hydrogen) atoms. The quantitative estimate of drug-likeness (QED) is 0.661. The first kappa shape index (κ1) is 17.3. The molecule has 1 unspecified atom stereocenters. The molecule has 2 fully saturated rings. The molecule has 2 aliphatic heterocycles. The summed E-state index contributed by atoms with van der Waals surface area (Å²) in [5, 5.41) is 14.3. The van der Waals surface area contributed by atoms with Crippen molar-refractivity contribution in [1.82, 2.24) is 9.62 Å². The van der Waals surface area contributed by atoms with Gasteiger partial charge in [-0.3, -0.25) is 10.1 Å². The van der Waals surface area contributed by atoms with Gasteiger partial charge in [0, 0.05) is 31.3 Å². The van der Waals surface area contributed by atoms with Gasteiger partial charge in [0.2, 0.25) is 10.0 Å². The summed E-state index contributed by atoms with van der Waals surface area (Å²) in [5.41, 5.74) is 0.334. The maximum atomic E-state index is 12.9. The van der Waals surface area contributed by atoms with Crippen molar-refractivity contribution in [1.29, 1.82) is 0 Å². The molecule has 7 nitrogen and oxygen atoms in total. The van der Waals surface area contributed by atoms with E-state index in [0.717, 1.165) is 19.4 Å². The third-order valence-electron chi connectivity index (χ3n) is 5.15. The Kier molecular flexibility index (Phi) is 4.89. The second-order valence-corrected chi connectivity index (χ2v) is 8.56. The van der Waals surface area contributed by atoms with Crippen molar-refractivity contribution < 1.29 is 13.3 Å². The van der Waals surface area contributed by atoms with E-state index in [9.17, 15) is 18.5 Å². The lowest BCUT2D eigenvalue weighted by atomic mass is 9.89. The van der Waals surface area contributed by atoms with Crippen LogP contribution >= 0.6 is 0 Å². The maximum Gasteiger partial charge on any atom is 0.269 e. The Bertz CT molecular complexity index is 721.